The van der Waals surface area contributed by atoms with Gasteiger partial charge in [0, 0.05) is 33.1 Å². The van der Waals surface area contributed by atoms with Crippen LogP contribution < -0.4 is 16.4 Å². The van der Waals surface area contributed by atoms with E-state index in [2.05, 4.69) is 10.6 Å². The first-order chi connectivity index (χ1) is 7.06. The van der Waals surface area contributed by atoms with E-state index in [4.69, 9.17) is 5.73 Å². The van der Waals surface area contributed by atoms with Gasteiger partial charge in [0.05, 0.1) is 6.54 Å². The Bertz CT molecular complexity index is 208. The zero-order chi connectivity index (χ0) is 11.7. The first kappa shape index (κ1) is 13.9. The van der Waals surface area contributed by atoms with Crippen molar-refractivity contribution >= 4 is 11.8 Å². The van der Waals surface area contributed by atoms with Crippen molar-refractivity contribution in [2.75, 3.05) is 39.8 Å². The van der Waals surface area contributed by atoms with Crippen molar-refractivity contribution in [2.24, 2.45) is 5.73 Å². The van der Waals surface area contributed by atoms with Crippen LogP contribution in [0.25, 0.3) is 0 Å². The molecule has 0 aliphatic carbocycles. The molecule has 0 aromatic carbocycles. The Kier molecular flexibility index (Phi) is 7.57. The topological polar surface area (TPSA) is 87.5 Å². The molecule has 0 unspecified atom stereocenters. The minimum Gasteiger partial charge on any atom is -0.355 e. The van der Waals surface area contributed by atoms with Crippen molar-refractivity contribution in [3.05, 3.63) is 0 Å². The molecule has 0 radical (unpaired) electrons. The van der Waals surface area contributed by atoms with Crippen molar-refractivity contribution in [3.8, 4) is 0 Å². The molecule has 0 atom stereocenters. The number of hydrogen-bond donors (Lipinski definition) is 3. The van der Waals surface area contributed by atoms with E-state index in [-0.39, 0.29) is 11.8 Å². The second-order valence-corrected chi connectivity index (χ2v) is 3.36. The number of hydrogen-bond acceptors (Lipinski definition) is 4. The molecule has 88 valence electrons. The third-order valence-corrected chi connectivity index (χ3v) is 1.75. The number of carbonyl (C=O) groups excluding carboxylic acids is 2. The lowest BCUT2D eigenvalue weighted by Crippen LogP contribution is -2.40. The fourth-order valence-electron chi connectivity index (χ4n) is 1.04. The van der Waals surface area contributed by atoms with Crippen LogP contribution >= 0.6 is 0 Å². The highest BCUT2D eigenvalue weighted by atomic mass is 16.2. The third-order valence-electron chi connectivity index (χ3n) is 1.75. The Morgan fingerprint density at radius 3 is 2.40 bits per heavy atom. The lowest BCUT2D eigenvalue weighted by atomic mass is 10.4. The smallest absolute Gasteiger partial charge is 0.234 e. The van der Waals surface area contributed by atoms with E-state index in [1.54, 1.807) is 0 Å². The summed E-state index contributed by atoms with van der Waals surface area (Å²) in [5.74, 6) is -0.152. The summed E-state index contributed by atoms with van der Waals surface area (Å²) in [7, 11) is 1.83. The van der Waals surface area contributed by atoms with Crippen LogP contribution in [0.1, 0.15) is 6.92 Å². The number of rotatable bonds is 7. The number of amides is 2. The second-order valence-electron chi connectivity index (χ2n) is 3.36. The zero-order valence-corrected chi connectivity index (χ0v) is 9.38. The van der Waals surface area contributed by atoms with Crippen LogP contribution in [0.5, 0.6) is 0 Å². The first-order valence-corrected chi connectivity index (χ1v) is 4.96. The Hall–Kier alpha value is -1.14. The average molecular weight is 216 g/mol. The van der Waals surface area contributed by atoms with Crippen LogP contribution in [0, 0.1) is 0 Å². The minimum absolute atomic E-state index is 0.0590. The molecule has 2 amide bonds. The molecule has 4 N–H and O–H groups in total. The van der Waals surface area contributed by atoms with Gasteiger partial charge in [0.1, 0.15) is 0 Å². The molecule has 0 saturated carbocycles. The Morgan fingerprint density at radius 1 is 1.27 bits per heavy atom. The standard InChI is InChI=1S/C9H20N4O2/c1-8(14)11-4-5-12-9(15)7-13(2)6-3-10/h3-7,10H2,1-2H3,(H,11,14)(H,12,15). The predicted molar refractivity (Wildman–Crippen MR) is 58.2 cm³/mol. The first-order valence-electron chi connectivity index (χ1n) is 4.96. The highest BCUT2D eigenvalue weighted by molar-refractivity contribution is 5.78. The minimum atomic E-state index is -0.0931. The van der Waals surface area contributed by atoms with Crippen LogP contribution in [0.2, 0.25) is 0 Å². The van der Waals surface area contributed by atoms with Crippen molar-refractivity contribution in [3.63, 3.8) is 0 Å². The van der Waals surface area contributed by atoms with Crippen molar-refractivity contribution < 1.29 is 9.59 Å². The summed E-state index contributed by atoms with van der Waals surface area (Å²) >= 11 is 0. The number of nitrogens with one attached hydrogen (secondary N) is 2. The quantitative estimate of drug-likeness (QED) is 0.435. The number of carbonyl (C=O) groups is 2. The van der Waals surface area contributed by atoms with Crippen LogP contribution in [0.3, 0.4) is 0 Å². The highest BCUT2D eigenvalue weighted by Crippen LogP contribution is 1.79. The molecule has 0 aromatic rings. The molecule has 6 heteroatoms. The van der Waals surface area contributed by atoms with Gasteiger partial charge in [0.15, 0.2) is 0 Å². The van der Waals surface area contributed by atoms with Gasteiger partial charge in [0.2, 0.25) is 11.8 Å². The largest absolute Gasteiger partial charge is 0.355 e. The molecule has 0 bridgehead atoms. The maximum Gasteiger partial charge on any atom is 0.234 e. The summed E-state index contributed by atoms with van der Waals surface area (Å²) in [6, 6.07) is 0. The van der Waals surface area contributed by atoms with Crippen molar-refractivity contribution in [2.45, 2.75) is 6.92 Å². The number of nitrogens with two attached hydrogens (primary N) is 1. The summed E-state index contributed by atoms with van der Waals surface area (Å²) < 4.78 is 0. The average Bonchev–Trinajstić information content (AvgIpc) is 2.12. The number of likely N-dealkylation sites (N-methyl/N-ethyl adjacent to an activating group) is 1. The van der Waals surface area contributed by atoms with Gasteiger partial charge in [-0.3, -0.25) is 14.5 Å². The molecule has 0 aliphatic heterocycles. The number of nitrogens with zero attached hydrogens (tertiary/aromatic N) is 1. The normalized spacial score (nSPS) is 10.1. The van der Waals surface area contributed by atoms with Gasteiger partial charge < -0.3 is 16.4 Å². The lowest BCUT2D eigenvalue weighted by Gasteiger charge is -2.14. The monoisotopic (exact) mass is 216 g/mol. The van der Waals surface area contributed by atoms with Gasteiger partial charge in [-0.2, -0.15) is 0 Å². The van der Waals surface area contributed by atoms with Crippen molar-refractivity contribution in [1.29, 1.82) is 0 Å². The van der Waals surface area contributed by atoms with Gasteiger partial charge in [-0.25, -0.2) is 0 Å². The summed E-state index contributed by atoms with van der Waals surface area (Å²) in [5, 5.41) is 5.28. The summed E-state index contributed by atoms with van der Waals surface area (Å²) in [6.07, 6.45) is 0. The fourth-order valence-corrected chi connectivity index (χ4v) is 1.04. The molecule has 6 nitrogen and oxygen atoms in total. The molecule has 15 heavy (non-hydrogen) atoms. The fraction of sp³-hybridized carbons (Fsp3) is 0.778. The van der Waals surface area contributed by atoms with Gasteiger partial charge in [0.25, 0.3) is 0 Å². The SMILES string of the molecule is CC(=O)NCCNC(=O)CN(C)CCN. The Labute approximate surface area is 90.2 Å². The Morgan fingerprint density at radius 2 is 1.87 bits per heavy atom. The summed E-state index contributed by atoms with van der Waals surface area (Å²) in [4.78, 5) is 23.6. The molecule has 0 fully saturated rings. The summed E-state index contributed by atoms with van der Waals surface area (Å²) in [5.41, 5.74) is 5.34. The van der Waals surface area contributed by atoms with Crippen LogP contribution in [-0.4, -0.2) is 56.5 Å². The van der Waals surface area contributed by atoms with Crippen molar-refractivity contribution in [1.82, 2.24) is 15.5 Å². The van der Waals surface area contributed by atoms with E-state index >= 15 is 0 Å². The van der Waals surface area contributed by atoms with E-state index in [1.807, 2.05) is 11.9 Å². The lowest BCUT2D eigenvalue weighted by molar-refractivity contribution is -0.122. The molecule has 0 heterocycles. The van der Waals surface area contributed by atoms with Crippen LogP contribution in [0.15, 0.2) is 0 Å². The van der Waals surface area contributed by atoms with E-state index < -0.39 is 0 Å². The predicted octanol–water partition coefficient (Wildman–Crippen LogP) is -1.87. The molecule has 0 aromatic heterocycles. The van der Waals surface area contributed by atoms with Crippen LogP contribution in [0.4, 0.5) is 0 Å². The van der Waals surface area contributed by atoms with Gasteiger partial charge in [-0.15, -0.1) is 0 Å². The van der Waals surface area contributed by atoms with E-state index in [9.17, 15) is 9.59 Å². The molecule has 0 rings (SSSR count). The molecule has 0 aliphatic rings. The van der Waals surface area contributed by atoms with E-state index in [1.165, 1.54) is 6.92 Å². The van der Waals surface area contributed by atoms with Crippen LogP contribution in [-0.2, 0) is 9.59 Å². The molecular formula is C9H20N4O2. The van der Waals surface area contributed by atoms with Gasteiger partial charge in [-0.05, 0) is 7.05 Å². The maximum atomic E-state index is 11.3. The second kappa shape index (κ2) is 8.19. The van der Waals surface area contributed by atoms with Gasteiger partial charge >= 0.3 is 0 Å². The highest BCUT2D eigenvalue weighted by Gasteiger charge is 2.04. The molecule has 0 saturated heterocycles. The van der Waals surface area contributed by atoms with E-state index in [0.717, 1.165) is 0 Å². The van der Waals surface area contributed by atoms with E-state index in [0.29, 0.717) is 32.7 Å². The van der Waals surface area contributed by atoms with Gasteiger partial charge in [-0.1, -0.05) is 0 Å². The Balaban J connectivity index is 3.44. The zero-order valence-electron chi connectivity index (χ0n) is 9.38. The molecule has 0 spiro atoms. The molecular weight excluding hydrogens is 196 g/mol. The maximum absolute atomic E-state index is 11.3. The summed E-state index contributed by atoms with van der Waals surface area (Å²) in [6.45, 7) is 3.92. The third kappa shape index (κ3) is 9.17.